The van der Waals surface area contributed by atoms with E-state index in [4.69, 9.17) is 16.3 Å². The lowest BCUT2D eigenvalue weighted by molar-refractivity contribution is -0.117. The van der Waals surface area contributed by atoms with Gasteiger partial charge < -0.3 is 10.1 Å². The average Bonchev–Trinajstić information content (AvgIpc) is 2.81. The third-order valence-corrected chi connectivity index (χ3v) is 7.02. The van der Waals surface area contributed by atoms with Crippen molar-refractivity contribution in [3.63, 3.8) is 0 Å². The number of carbonyl (C=O) groups is 1. The minimum atomic E-state index is -4.04. The third-order valence-electron chi connectivity index (χ3n) is 5.25. The highest BCUT2D eigenvalue weighted by Crippen LogP contribution is 2.27. The van der Waals surface area contributed by atoms with Gasteiger partial charge in [-0.1, -0.05) is 67.9 Å². The van der Waals surface area contributed by atoms with Crippen LogP contribution < -0.4 is 14.8 Å². The lowest BCUT2D eigenvalue weighted by Gasteiger charge is -2.19. The summed E-state index contributed by atoms with van der Waals surface area (Å²) in [5.74, 6) is 0.302. The van der Waals surface area contributed by atoms with Crippen LogP contribution in [-0.2, 0) is 21.2 Å². The lowest BCUT2D eigenvalue weighted by Crippen LogP contribution is -2.45. The van der Waals surface area contributed by atoms with Crippen LogP contribution in [0, 0.1) is 0 Å². The van der Waals surface area contributed by atoms with Gasteiger partial charge in [-0.15, -0.1) is 0 Å². The summed E-state index contributed by atoms with van der Waals surface area (Å²) in [6.45, 7) is 6.39. The molecule has 0 bridgehead atoms. The molecule has 3 aromatic carbocycles. The summed E-state index contributed by atoms with van der Waals surface area (Å²) in [4.78, 5) is 13.1. The maximum atomic E-state index is 13.2. The Morgan fingerprint density at radius 3 is 2.26 bits per heavy atom. The molecule has 2 N–H and O–H groups in total. The molecular formula is C26H29ClN2O4S. The predicted octanol–water partition coefficient (Wildman–Crippen LogP) is 5.39. The molecule has 180 valence electrons. The van der Waals surface area contributed by atoms with Gasteiger partial charge in [0.05, 0.1) is 16.5 Å². The van der Waals surface area contributed by atoms with Crippen molar-refractivity contribution in [1.29, 1.82) is 0 Å². The number of halogens is 1. The number of hydrogen-bond donors (Lipinski definition) is 2. The van der Waals surface area contributed by atoms with E-state index >= 15 is 0 Å². The van der Waals surface area contributed by atoms with Crippen molar-refractivity contribution in [1.82, 2.24) is 4.72 Å². The molecule has 6 nitrogen and oxygen atoms in total. The van der Waals surface area contributed by atoms with E-state index in [0.717, 1.165) is 11.1 Å². The molecule has 0 spiro atoms. The second kappa shape index (κ2) is 11.5. The van der Waals surface area contributed by atoms with E-state index in [1.807, 2.05) is 61.5 Å². The summed E-state index contributed by atoms with van der Waals surface area (Å²) in [6.07, 6.45) is 0.181. The molecule has 3 rings (SSSR count). The molecule has 0 aliphatic carbocycles. The Kier molecular flexibility index (Phi) is 8.72. The van der Waals surface area contributed by atoms with E-state index in [1.54, 1.807) is 0 Å². The van der Waals surface area contributed by atoms with Gasteiger partial charge in [0.2, 0.25) is 15.9 Å². The first kappa shape index (κ1) is 25.7. The Balaban J connectivity index is 1.84. The predicted molar refractivity (Wildman–Crippen MR) is 136 cm³/mol. The third kappa shape index (κ3) is 6.82. The van der Waals surface area contributed by atoms with Gasteiger partial charge in [0.15, 0.2) is 0 Å². The van der Waals surface area contributed by atoms with Crippen LogP contribution in [0.25, 0.3) is 0 Å². The number of anilines is 1. The minimum Gasteiger partial charge on any atom is -0.492 e. The summed E-state index contributed by atoms with van der Waals surface area (Å²) in [6, 6.07) is 19.9. The maximum absolute atomic E-state index is 13.2. The van der Waals surface area contributed by atoms with E-state index < -0.39 is 22.0 Å². The molecule has 3 aromatic rings. The zero-order valence-electron chi connectivity index (χ0n) is 19.4. The highest BCUT2D eigenvalue weighted by Gasteiger charge is 2.27. The summed E-state index contributed by atoms with van der Waals surface area (Å²) in [7, 11) is -4.04. The molecule has 0 aliphatic rings. The fraction of sp³-hybridized carbons (Fsp3) is 0.269. The summed E-state index contributed by atoms with van der Waals surface area (Å²) in [5.41, 5.74) is 2.56. The maximum Gasteiger partial charge on any atom is 0.242 e. The average molecular weight is 501 g/mol. The molecule has 8 heteroatoms. The van der Waals surface area contributed by atoms with Gasteiger partial charge in [0.1, 0.15) is 11.8 Å². The van der Waals surface area contributed by atoms with Crippen molar-refractivity contribution < 1.29 is 17.9 Å². The number of hydrogen-bond acceptors (Lipinski definition) is 4. The van der Waals surface area contributed by atoms with E-state index in [2.05, 4.69) is 23.9 Å². The molecule has 0 saturated carbocycles. The van der Waals surface area contributed by atoms with Gasteiger partial charge >= 0.3 is 0 Å². The van der Waals surface area contributed by atoms with Crippen LogP contribution in [0.4, 0.5) is 5.69 Å². The summed E-state index contributed by atoms with van der Waals surface area (Å²) >= 11 is 6.19. The normalized spacial score (nSPS) is 12.4. The van der Waals surface area contributed by atoms with Crippen molar-refractivity contribution in [2.75, 3.05) is 11.9 Å². The molecule has 34 heavy (non-hydrogen) atoms. The van der Waals surface area contributed by atoms with Gasteiger partial charge in [0, 0.05) is 5.69 Å². The quantitative estimate of drug-likeness (QED) is 0.391. The number of benzene rings is 3. The second-order valence-corrected chi connectivity index (χ2v) is 10.3. The van der Waals surface area contributed by atoms with Gasteiger partial charge in [-0.25, -0.2) is 8.42 Å². The molecule has 1 unspecified atom stereocenters. The molecule has 0 aromatic heterocycles. The van der Waals surface area contributed by atoms with Crippen LogP contribution >= 0.6 is 11.6 Å². The number of nitrogens with one attached hydrogen (secondary N) is 2. The van der Waals surface area contributed by atoms with Crippen LogP contribution in [0.5, 0.6) is 5.75 Å². The highest BCUT2D eigenvalue weighted by molar-refractivity contribution is 7.89. The van der Waals surface area contributed by atoms with E-state index in [1.165, 1.54) is 18.2 Å². The van der Waals surface area contributed by atoms with Gasteiger partial charge in [-0.3, -0.25) is 4.79 Å². The molecule has 1 amide bonds. The topological polar surface area (TPSA) is 84.5 Å². The van der Waals surface area contributed by atoms with Crippen molar-refractivity contribution >= 4 is 33.2 Å². The first-order chi connectivity index (χ1) is 16.2. The molecule has 0 heterocycles. The molecule has 0 radical (unpaired) electrons. The Hall–Kier alpha value is -2.87. The lowest BCUT2D eigenvalue weighted by atomic mass is 10.0. The minimum absolute atomic E-state index is 0.0481. The van der Waals surface area contributed by atoms with Crippen LogP contribution in [-0.4, -0.2) is 27.0 Å². The van der Waals surface area contributed by atoms with E-state index in [-0.39, 0.29) is 16.3 Å². The second-order valence-electron chi connectivity index (χ2n) is 8.15. The number of carbonyl (C=O) groups excluding carboxylic acids is 1. The fourth-order valence-electron chi connectivity index (χ4n) is 3.40. The Labute approximate surface area is 206 Å². The number of sulfonamides is 1. The van der Waals surface area contributed by atoms with Gasteiger partial charge in [0.25, 0.3) is 0 Å². The Morgan fingerprint density at radius 1 is 1.00 bits per heavy atom. The molecule has 0 aliphatic heterocycles. The molecule has 1 atom stereocenters. The Morgan fingerprint density at radius 2 is 1.68 bits per heavy atom. The molecule has 0 saturated heterocycles. The monoisotopic (exact) mass is 500 g/mol. The van der Waals surface area contributed by atoms with Crippen LogP contribution in [0.1, 0.15) is 37.8 Å². The zero-order valence-corrected chi connectivity index (χ0v) is 21.0. The van der Waals surface area contributed by atoms with Crippen molar-refractivity contribution in [3.8, 4) is 5.75 Å². The summed E-state index contributed by atoms with van der Waals surface area (Å²) in [5, 5.41) is 3.01. The van der Waals surface area contributed by atoms with Crippen LogP contribution in [0.2, 0.25) is 5.02 Å². The van der Waals surface area contributed by atoms with E-state index in [0.29, 0.717) is 24.0 Å². The summed E-state index contributed by atoms with van der Waals surface area (Å²) < 4.78 is 34.2. The van der Waals surface area contributed by atoms with Crippen molar-refractivity contribution in [2.45, 2.75) is 44.0 Å². The SMILES string of the molecule is CCOc1ccc(S(=O)(=O)NC(Cc2ccccc2)C(=O)Nc2ccc(C(C)C)cc2)cc1Cl. The van der Waals surface area contributed by atoms with Crippen LogP contribution in [0.3, 0.4) is 0 Å². The first-order valence-electron chi connectivity index (χ1n) is 11.1. The van der Waals surface area contributed by atoms with E-state index in [9.17, 15) is 13.2 Å². The van der Waals surface area contributed by atoms with Gasteiger partial charge in [-0.05, 0) is 60.7 Å². The first-order valence-corrected chi connectivity index (χ1v) is 12.9. The number of amides is 1. The molecule has 0 fully saturated rings. The molecular weight excluding hydrogens is 472 g/mol. The Bertz CT molecular complexity index is 1210. The number of ether oxygens (including phenoxy) is 1. The van der Waals surface area contributed by atoms with Gasteiger partial charge in [-0.2, -0.15) is 4.72 Å². The largest absolute Gasteiger partial charge is 0.492 e. The smallest absolute Gasteiger partial charge is 0.242 e. The highest BCUT2D eigenvalue weighted by atomic mass is 35.5. The van der Waals surface area contributed by atoms with Crippen molar-refractivity contribution in [3.05, 3.63) is 88.9 Å². The zero-order chi connectivity index (χ0) is 24.7. The van der Waals surface area contributed by atoms with Crippen molar-refractivity contribution in [2.24, 2.45) is 0 Å². The number of rotatable bonds is 10. The fourth-order valence-corrected chi connectivity index (χ4v) is 4.92. The standard InChI is InChI=1S/C26H29ClN2O4S/c1-4-33-25-15-14-22(17-23(25)27)34(31,32)29-24(16-19-8-6-5-7-9-19)26(30)28-21-12-10-20(11-13-21)18(2)3/h5-15,17-18,24,29H,4,16H2,1-3H3,(H,28,30). The van der Waals surface area contributed by atoms with Crippen LogP contribution in [0.15, 0.2) is 77.7 Å².